The highest BCUT2D eigenvalue weighted by molar-refractivity contribution is 9.10. The van der Waals surface area contributed by atoms with E-state index >= 15 is 0 Å². The number of rotatable bonds is 2. The topological polar surface area (TPSA) is 52.7 Å². The maximum absolute atomic E-state index is 13.3. The predicted octanol–water partition coefficient (Wildman–Crippen LogP) is 4.06. The first-order chi connectivity index (χ1) is 12.8. The lowest BCUT2D eigenvalue weighted by Gasteiger charge is -2.31. The zero-order valence-electron chi connectivity index (χ0n) is 15.4. The van der Waals surface area contributed by atoms with Gasteiger partial charge in [-0.05, 0) is 54.8 Å². The molecule has 2 aliphatic rings. The molecule has 5 nitrogen and oxygen atoms in total. The van der Waals surface area contributed by atoms with E-state index in [9.17, 15) is 9.59 Å². The Balaban J connectivity index is 1.77. The molecule has 1 N–H and O–H groups in total. The number of aryl methyl sites for hydroxylation is 2. The van der Waals surface area contributed by atoms with Crippen molar-refractivity contribution in [3.05, 3.63) is 74.9 Å². The SMILES string of the molecule is Cc1cc(C)cc(N2CC3=C(C2=O)[C@@H](c2ccc(Br)cc2)NC(=O)N3C)c1. The molecule has 2 heterocycles. The van der Waals surface area contributed by atoms with Gasteiger partial charge in [0.15, 0.2) is 0 Å². The molecule has 0 saturated carbocycles. The van der Waals surface area contributed by atoms with Crippen molar-refractivity contribution in [1.82, 2.24) is 10.2 Å². The van der Waals surface area contributed by atoms with Crippen LogP contribution in [-0.4, -0.2) is 30.4 Å². The van der Waals surface area contributed by atoms with E-state index in [0.717, 1.165) is 32.5 Å². The Morgan fingerprint density at radius 1 is 1.04 bits per heavy atom. The Kier molecular flexibility index (Phi) is 4.30. The summed E-state index contributed by atoms with van der Waals surface area (Å²) >= 11 is 3.43. The molecule has 0 fully saturated rings. The Morgan fingerprint density at radius 2 is 1.67 bits per heavy atom. The summed E-state index contributed by atoms with van der Waals surface area (Å²) in [5, 5.41) is 2.96. The monoisotopic (exact) mass is 425 g/mol. The van der Waals surface area contributed by atoms with E-state index in [-0.39, 0.29) is 11.9 Å². The number of nitrogens with zero attached hydrogens (tertiary/aromatic N) is 2. The number of carbonyl (C=O) groups is 2. The predicted molar refractivity (Wildman–Crippen MR) is 108 cm³/mol. The number of anilines is 1. The van der Waals surface area contributed by atoms with Crippen molar-refractivity contribution >= 4 is 33.6 Å². The molecule has 3 amide bonds. The average molecular weight is 426 g/mol. The second-order valence-corrected chi connectivity index (χ2v) is 8.01. The number of nitrogens with one attached hydrogen (secondary N) is 1. The number of hydrogen-bond acceptors (Lipinski definition) is 2. The Morgan fingerprint density at radius 3 is 2.30 bits per heavy atom. The van der Waals surface area contributed by atoms with Gasteiger partial charge in [-0.2, -0.15) is 0 Å². The van der Waals surface area contributed by atoms with Crippen LogP contribution in [-0.2, 0) is 4.79 Å². The van der Waals surface area contributed by atoms with Crippen LogP contribution < -0.4 is 10.2 Å². The zero-order valence-corrected chi connectivity index (χ0v) is 17.0. The molecule has 138 valence electrons. The molecule has 0 aromatic heterocycles. The molecule has 1 atom stereocenters. The number of hydrogen-bond donors (Lipinski definition) is 1. The number of amides is 3. The van der Waals surface area contributed by atoms with Gasteiger partial charge >= 0.3 is 6.03 Å². The fourth-order valence-corrected chi connectivity index (χ4v) is 4.05. The van der Waals surface area contributed by atoms with Crippen molar-refractivity contribution < 1.29 is 9.59 Å². The van der Waals surface area contributed by atoms with Gasteiger partial charge in [-0.25, -0.2) is 4.79 Å². The minimum Gasteiger partial charge on any atom is -0.327 e. The lowest BCUT2D eigenvalue weighted by Crippen LogP contribution is -2.45. The highest BCUT2D eigenvalue weighted by Gasteiger charge is 2.43. The van der Waals surface area contributed by atoms with Crippen molar-refractivity contribution in [2.45, 2.75) is 19.9 Å². The van der Waals surface area contributed by atoms with Crippen molar-refractivity contribution in [3.8, 4) is 0 Å². The lowest BCUT2D eigenvalue weighted by molar-refractivity contribution is -0.114. The summed E-state index contributed by atoms with van der Waals surface area (Å²) in [6, 6.07) is 13.1. The van der Waals surface area contributed by atoms with E-state index in [1.807, 2.05) is 50.2 Å². The minimum atomic E-state index is -0.444. The van der Waals surface area contributed by atoms with Crippen molar-refractivity contribution in [3.63, 3.8) is 0 Å². The first-order valence-electron chi connectivity index (χ1n) is 8.78. The number of halogens is 1. The largest absolute Gasteiger partial charge is 0.327 e. The molecule has 0 bridgehead atoms. The van der Waals surface area contributed by atoms with Gasteiger partial charge < -0.3 is 10.2 Å². The first-order valence-corrected chi connectivity index (χ1v) is 9.57. The second-order valence-electron chi connectivity index (χ2n) is 7.09. The molecule has 2 aromatic rings. The highest BCUT2D eigenvalue weighted by Crippen LogP contribution is 2.38. The summed E-state index contributed by atoms with van der Waals surface area (Å²) in [6.45, 7) is 4.44. The van der Waals surface area contributed by atoms with Gasteiger partial charge in [-0.1, -0.05) is 34.1 Å². The summed E-state index contributed by atoms with van der Waals surface area (Å²) in [6.07, 6.45) is 0. The minimum absolute atomic E-state index is 0.0604. The van der Waals surface area contributed by atoms with Gasteiger partial charge in [0, 0.05) is 17.2 Å². The second kappa shape index (κ2) is 6.53. The summed E-state index contributed by atoms with van der Waals surface area (Å²) in [5.41, 5.74) is 5.36. The summed E-state index contributed by atoms with van der Waals surface area (Å²) < 4.78 is 0.953. The standard InChI is InChI=1S/C21H20BrN3O2/c1-12-8-13(2)10-16(9-12)25-11-17-18(20(25)26)19(23-21(27)24(17)3)14-4-6-15(22)7-5-14/h4-10,19H,11H2,1-3H3,(H,23,27)/t19-/m1/s1. The van der Waals surface area contributed by atoms with Crippen molar-refractivity contribution in [1.29, 1.82) is 0 Å². The van der Waals surface area contributed by atoms with Gasteiger partial charge in [0.1, 0.15) is 0 Å². The van der Waals surface area contributed by atoms with Gasteiger partial charge in [0.2, 0.25) is 0 Å². The van der Waals surface area contributed by atoms with E-state index in [1.54, 1.807) is 16.8 Å². The van der Waals surface area contributed by atoms with E-state index in [4.69, 9.17) is 0 Å². The van der Waals surface area contributed by atoms with Crippen LogP contribution in [0.5, 0.6) is 0 Å². The first kappa shape index (κ1) is 17.8. The molecular weight excluding hydrogens is 406 g/mol. The van der Waals surface area contributed by atoms with Crippen LogP contribution >= 0.6 is 15.9 Å². The Hall–Kier alpha value is -2.60. The average Bonchev–Trinajstić information content (AvgIpc) is 2.96. The molecule has 0 aliphatic carbocycles. The van der Waals surface area contributed by atoms with E-state index < -0.39 is 6.04 Å². The number of likely N-dealkylation sites (N-methyl/N-ethyl adjacent to an activating group) is 1. The van der Waals surface area contributed by atoms with Crippen LogP contribution in [0.2, 0.25) is 0 Å². The van der Waals surface area contributed by atoms with Gasteiger partial charge in [-0.15, -0.1) is 0 Å². The van der Waals surface area contributed by atoms with Crippen LogP contribution in [0.25, 0.3) is 0 Å². The molecule has 0 spiro atoms. The van der Waals surface area contributed by atoms with Crippen LogP contribution in [0.4, 0.5) is 10.5 Å². The van der Waals surface area contributed by atoms with Gasteiger partial charge in [0.05, 0.1) is 23.9 Å². The number of carbonyl (C=O) groups excluding carboxylic acids is 2. The lowest BCUT2D eigenvalue weighted by atomic mass is 9.96. The molecule has 6 heteroatoms. The van der Waals surface area contributed by atoms with Crippen LogP contribution in [0, 0.1) is 13.8 Å². The Labute approximate surface area is 166 Å². The summed E-state index contributed by atoms with van der Waals surface area (Å²) in [7, 11) is 1.71. The molecule has 0 unspecified atom stereocenters. The van der Waals surface area contributed by atoms with E-state index in [0.29, 0.717) is 12.1 Å². The van der Waals surface area contributed by atoms with Gasteiger partial charge in [-0.3, -0.25) is 9.69 Å². The summed E-state index contributed by atoms with van der Waals surface area (Å²) in [5.74, 6) is -0.0604. The quantitative estimate of drug-likeness (QED) is 0.788. The molecule has 0 radical (unpaired) electrons. The zero-order chi connectivity index (χ0) is 19.3. The third-order valence-corrected chi connectivity index (χ3v) is 5.61. The molecule has 0 saturated heterocycles. The van der Waals surface area contributed by atoms with E-state index in [2.05, 4.69) is 27.3 Å². The fourth-order valence-electron chi connectivity index (χ4n) is 3.79. The smallest absolute Gasteiger partial charge is 0.322 e. The van der Waals surface area contributed by atoms with Gasteiger partial charge in [0.25, 0.3) is 5.91 Å². The molecule has 2 aromatic carbocycles. The van der Waals surface area contributed by atoms with Crippen molar-refractivity contribution in [2.24, 2.45) is 0 Å². The normalized spacial score (nSPS) is 19.5. The van der Waals surface area contributed by atoms with Crippen molar-refractivity contribution in [2.75, 3.05) is 18.5 Å². The molecule has 27 heavy (non-hydrogen) atoms. The highest BCUT2D eigenvalue weighted by atomic mass is 79.9. The molecule has 2 aliphatic heterocycles. The third kappa shape index (κ3) is 3.04. The maximum Gasteiger partial charge on any atom is 0.322 e. The molecular formula is C21H20BrN3O2. The fraction of sp³-hybridized carbons (Fsp3) is 0.238. The van der Waals surface area contributed by atoms with Crippen LogP contribution in [0.3, 0.4) is 0 Å². The third-order valence-electron chi connectivity index (χ3n) is 5.08. The van der Waals surface area contributed by atoms with Crippen LogP contribution in [0.15, 0.2) is 58.2 Å². The maximum atomic E-state index is 13.3. The number of urea groups is 1. The number of benzene rings is 2. The summed E-state index contributed by atoms with van der Waals surface area (Å²) in [4.78, 5) is 29.1. The Bertz CT molecular complexity index is 961. The van der Waals surface area contributed by atoms with Crippen LogP contribution in [0.1, 0.15) is 22.7 Å². The van der Waals surface area contributed by atoms with E-state index in [1.165, 1.54) is 0 Å². The molecule has 4 rings (SSSR count).